The van der Waals surface area contributed by atoms with Crippen LogP contribution in [0.15, 0.2) is 18.2 Å². The Morgan fingerprint density at radius 1 is 1.35 bits per heavy atom. The zero-order valence-corrected chi connectivity index (χ0v) is 11.6. The highest BCUT2D eigenvalue weighted by Crippen LogP contribution is 2.28. The number of nitro benzene ring substituents is 1. The van der Waals surface area contributed by atoms with Crippen molar-refractivity contribution >= 4 is 11.6 Å². The highest BCUT2D eigenvalue weighted by molar-refractivity contribution is 5.98. The molecule has 1 fully saturated rings. The Balaban J connectivity index is 2.33. The molecular weight excluding hydrogens is 260 g/mol. The summed E-state index contributed by atoms with van der Waals surface area (Å²) in [6.45, 7) is 5.31. The molecule has 1 aliphatic heterocycles. The fourth-order valence-electron chi connectivity index (χ4n) is 2.85. The van der Waals surface area contributed by atoms with Gasteiger partial charge < -0.3 is 10.0 Å². The number of hydrogen-bond donors (Lipinski definition) is 1. The molecule has 0 radical (unpaired) electrons. The predicted octanol–water partition coefficient (Wildman–Crippen LogP) is 2.42. The van der Waals surface area contributed by atoms with Crippen molar-refractivity contribution in [1.29, 1.82) is 0 Å². The van der Waals surface area contributed by atoms with E-state index in [2.05, 4.69) is 13.8 Å². The molecule has 1 amide bonds. The molecule has 6 heteroatoms. The van der Waals surface area contributed by atoms with Crippen LogP contribution < -0.4 is 0 Å². The third-order valence-corrected chi connectivity index (χ3v) is 3.56. The minimum Gasteiger partial charge on any atom is -0.508 e. The quantitative estimate of drug-likeness (QED) is 0.665. The highest BCUT2D eigenvalue weighted by atomic mass is 16.6. The molecule has 6 nitrogen and oxygen atoms in total. The van der Waals surface area contributed by atoms with Gasteiger partial charge in [0, 0.05) is 19.2 Å². The lowest BCUT2D eigenvalue weighted by Crippen LogP contribution is -2.42. The van der Waals surface area contributed by atoms with Gasteiger partial charge >= 0.3 is 0 Å². The van der Waals surface area contributed by atoms with Crippen molar-refractivity contribution in [3.8, 4) is 5.75 Å². The van der Waals surface area contributed by atoms with E-state index < -0.39 is 4.92 Å². The van der Waals surface area contributed by atoms with E-state index in [1.165, 1.54) is 18.2 Å². The highest BCUT2D eigenvalue weighted by Gasteiger charge is 2.30. The Labute approximate surface area is 117 Å². The molecule has 20 heavy (non-hydrogen) atoms. The molecule has 0 bridgehead atoms. The number of benzene rings is 1. The van der Waals surface area contributed by atoms with Crippen LogP contribution in [-0.2, 0) is 0 Å². The van der Waals surface area contributed by atoms with Crippen LogP contribution in [0, 0.1) is 22.0 Å². The molecule has 1 aromatic carbocycles. The Hall–Kier alpha value is -2.11. The molecule has 1 N–H and O–H groups in total. The van der Waals surface area contributed by atoms with Gasteiger partial charge in [-0.1, -0.05) is 13.8 Å². The SMILES string of the molecule is CC1CC(C)CN(C(=O)c2cc(O)ccc2[N+](=O)[O-])C1. The Kier molecular flexibility index (Phi) is 3.92. The Morgan fingerprint density at radius 2 is 1.95 bits per heavy atom. The summed E-state index contributed by atoms with van der Waals surface area (Å²) in [5.74, 6) is 0.223. The second-order valence-electron chi connectivity index (χ2n) is 5.61. The Morgan fingerprint density at radius 3 is 2.50 bits per heavy atom. The average molecular weight is 278 g/mol. The molecule has 2 atom stereocenters. The summed E-state index contributed by atoms with van der Waals surface area (Å²) in [5, 5.41) is 20.5. The van der Waals surface area contributed by atoms with Crippen molar-refractivity contribution in [2.24, 2.45) is 11.8 Å². The summed E-state index contributed by atoms with van der Waals surface area (Å²) < 4.78 is 0. The maximum Gasteiger partial charge on any atom is 0.282 e. The van der Waals surface area contributed by atoms with Gasteiger partial charge in [-0.25, -0.2) is 0 Å². The number of nitrogens with zero attached hydrogens (tertiary/aromatic N) is 2. The third kappa shape index (κ3) is 2.89. The van der Waals surface area contributed by atoms with Gasteiger partial charge in [-0.05, 0) is 30.4 Å². The van der Waals surface area contributed by atoms with Gasteiger partial charge in [0.2, 0.25) is 0 Å². The van der Waals surface area contributed by atoms with Gasteiger partial charge in [-0.2, -0.15) is 0 Å². The molecule has 1 heterocycles. The zero-order valence-electron chi connectivity index (χ0n) is 11.6. The molecule has 0 aromatic heterocycles. The van der Waals surface area contributed by atoms with Crippen LogP contribution in [0.1, 0.15) is 30.6 Å². The summed E-state index contributed by atoms with van der Waals surface area (Å²) in [7, 11) is 0. The van der Waals surface area contributed by atoms with Crippen LogP contribution in [0.25, 0.3) is 0 Å². The van der Waals surface area contributed by atoms with E-state index in [9.17, 15) is 20.0 Å². The molecule has 0 spiro atoms. The van der Waals surface area contributed by atoms with Crippen molar-refractivity contribution in [2.75, 3.05) is 13.1 Å². The first kappa shape index (κ1) is 14.3. The lowest BCUT2D eigenvalue weighted by molar-refractivity contribution is -0.385. The van der Waals surface area contributed by atoms with Crippen molar-refractivity contribution in [1.82, 2.24) is 4.90 Å². The largest absolute Gasteiger partial charge is 0.508 e. The first-order valence-corrected chi connectivity index (χ1v) is 6.65. The summed E-state index contributed by atoms with van der Waals surface area (Å²) in [6.07, 6.45) is 1.05. The van der Waals surface area contributed by atoms with E-state index in [4.69, 9.17) is 0 Å². The van der Waals surface area contributed by atoms with Crippen molar-refractivity contribution in [3.05, 3.63) is 33.9 Å². The molecular formula is C14H18N2O4. The topological polar surface area (TPSA) is 83.7 Å². The smallest absolute Gasteiger partial charge is 0.282 e. The normalized spacial score (nSPS) is 22.6. The van der Waals surface area contributed by atoms with Crippen LogP contribution >= 0.6 is 0 Å². The second-order valence-corrected chi connectivity index (χ2v) is 5.61. The van der Waals surface area contributed by atoms with Gasteiger partial charge in [0.15, 0.2) is 0 Å². The summed E-state index contributed by atoms with van der Waals surface area (Å²) >= 11 is 0. The van der Waals surface area contributed by atoms with Crippen molar-refractivity contribution in [2.45, 2.75) is 20.3 Å². The number of aromatic hydroxyl groups is 1. The number of phenols is 1. The fraction of sp³-hybridized carbons (Fsp3) is 0.500. The monoisotopic (exact) mass is 278 g/mol. The lowest BCUT2D eigenvalue weighted by Gasteiger charge is -2.34. The maximum absolute atomic E-state index is 12.5. The van der Waals surface area contributed by atoms with E-state index in [-0.39, 0.29) is 22.9 Å². The van der Waals surface area contributed by atoms with Gasteiger partial charge in [0.05, 0.1) is 4.92 Å². The second kappa shape index (κ2) is 5.48. The first-order valence-electron chi connectivity index (χ1n) is 6.65. The van der Waals surface area contributed by atoms with Crippen molar-refractivity contribution in [3.63, 3.8) is 0 Å². The van der Waals surface area contributed by atoms with Gasteiger partial charge in [-0.3, -0.25) is 14.9 Å². The third-order valence-electron chi connectivity index (χ3n) is 3.56. The predicted molar refractivity (Wildman–Crippen MR) is 73.6 cm³/mol. The van der Waals surface area contributed by atoms with Crippen LogP contribution in [0.4, 0.5) is 5.69 Å². The molecule has 0 saturated carbocycles. The number of hydrogen-bond acceptors (Lipinski definition) is 4. The number of carbonyl (C=O) groups excluding carboxylic acids is 1. The minimum absolute atomic E-state index is 0.0451. The molecule has 108 valence electrons. The molecule has 2 rings (SSSR count). The standard InChI is InChI=1S/C14H18N2O4/c1-9-5-10(2)8-15(7-9)14(18)12-6-11(17)3-4-13(12)16(19)20/h3-4,6,9-10,17H,5,7-8H2,1-2H3. The number of piperidine rings is 1. The van der Waals surface area contributed by atoms with E-state index in [1.54, 1.807) is 4.90 Å². The lowest BCUT2D eigenvalue weighted by atomic mass is 9.91. The molecule has 0 aliphatic carbocycles. The number of likely N-dealkylation sites (tertiary alicyclic amines) is 1. The van der Waals surface area contributed by atoms with Crippen LogP contribution in [-0.4, -0.2) is 33.9 Å². The van der Waals surface area contributed by atoms with Crippen LogP contribution in [0.5, 0.6) is 5.75 Å². The van der Waals surface area contributed by atoms with E-state index in [0.717, 1.165) is 6.42 Å². The summed E-state index contributed by atoms with van der Waals surface area (Å²) in [4.78, 5) is 24.5. The van der Waals surface area contributed by atoms with Crippen LogP contribution in [0.2, 0.25) is 0 Å². The molecule has 2 unspecified atom stereocenters. The van der Waals surface area contributed by atoms with Crippen LogP contribution in [0.3, 0.4) is 0 Å². The molecule has 1 aromatic rings. The van der Waals surface area contributed by atoms with Gasteiger partial charge in [0.1, 0.15) is 11.3 Å². The van der Waals surface area contributed by atoms with Gasteiger partial charge in [0.25, 0.3) is 11.6 Å². The number of carbonyl (C=O) groups is 1. The Bertz CT molecular complexity index is 534. The molecule has 1 saturated heterocycles. The average Bonchev–Trinajstić information content (AvgIpc) is 2.36. The number of rotatable bonds is 2. The number of phenolic OH excluding ortho intramolecular Hbond substituents is 1. The summed E-state index contributed by atoms with van der Waals surface area (Å²) in [5.41, 5.74) is -0.310. The van der Waals surface area contributed by atoms with E-state index in [0.29, 0.717) is 24.9 Å². The molecule has 1 aliphatic rings. The first-order chi connectivity index (χ1) is 9.38. The zero-order chi connectivity index (χ0) is 14.9. The fourth-order valence-corrected chi connectivity index (χ4v) is 2.85. The van der Waals surface area contributed by atoms with E-state index >= 15 is 0 Å². The van der Waals surface area contributed by atoms with Crippen molar-refractivity contribution < 1.29 is 14.8 Å². The van der Waals surface area contributed by atoms with E-state index in [1.807, 2.05) is 0 Å². The number of amides is 1. The minimum atomic E-state index is -0.594. The maximum atomic E-state index is 12.5. The number of nitro groups is 1. The van der Waals surface area contributed by atoms with Gasteiger partial charge in [-0.15, -0.1) is 0 Å². The summed E-state index contributed by atoms with van der Waals surface area (Å²) in [6, 6.07) is 3.56.